The molecule has 0 radical (unpaired) electrons. The Balaban J connectivity index is 1.51. The van der Waals surface area contributed by atoms with Crippen LogP contribution in [0.1, 0.15) is 22.2 Å². The number of furan rings is 1. The van der Waals surface area contributed by atoms with E-state index >= 15 is 0 Å². The topological polar surface area (TPSA) is 54.7 Å². The maximum absolute atomic E-state index is 13.8. The van der Waals surface area contributed by atoms with Gasteiger partial charge in [0.15, 0.2) is 5.76 Å². The summed E-state index contributed by atoms with van der Waals surface area (Å²) in [5.41, 5.74) is 1.42. The minimum absolute atomic E-state index is 0.151. The fraction of sp³-hybridized carbons (Fsp3) is 0.286. The van der Waals surface area contributed by atoms with Crippen LogP contribution in [0.25, 0.3) is 11.0 Å². The van der Waals surface area contributed by atoms with Crippen LogP contribution in [0.3, 0.4) is 0 Å². The van der Waals surface area contributed by atoms with E-state index in [-0.39, 0.29) is 23.5 Å². The molecule has 3 aromatic rings. The number of hydrogen-bond donors (Lipinski definition) is 1. The average molecular weight is 403 g/mol. The Morgan fingerprint density at radius 1 is 1.18 bits per heavy atom. The Hall–Kier alpha value is -2.41. The Morgan fingerprint density at radius 3 is 2.79 bits per heavy atom. The van der Waals surface area contributed by atoms with Gasteiger partial charge in [-0.3, -0.25) is 9.69 Å². The highest BCUT2D eigenvalue weighted by atomic mass is 35.5. The summed E-state index contributed by atoms with van der Waals surface area (Å²) in [6, 6.07) is 13.2. The number of morpholine rings is 1. The van der Waals surface area contributed by atoms with Crippen LogP contribution in [-0.2, 0) is 4.74 Å². The molecule has 1 N–H and O–H groups in total. The van der Waals surface area contributed by atoms with Crippen molar-refractivity contribution >= 4 is 28.5 Å². The van der Waals surface area contributed by atoms with Crippen LogP contribution in [0.4, 0.5) is 4.39 Å². The lowest BCUT2D eigenvalue weighted by molar-refractivity contribution is 0.0161. The predicted octanol–water partition coefficient (Wildman–Crippen LogP) is 4.03. The van der Waals surface area contributed by atoms with Crippen molar-refractivity contribution < 1.29 is 18.3 Å². The molecule has 1 aliphatic rings. The molecule has 0 bridgehead atoms. The van der Waals surface area contributed by atoms with E-state index in [4.69, 9.17) is 20.8 Å². The fourth-order valence-electron chi connectivity index (χ4n) is 3.46. The van der Waals surface area contributed by atoms with Gasteiger partial charge in [0, 0.05) is 30.0 Å². The molecule has 1 aromatic heterocycles. The number of halogens is 2. The summed E-state index contributed by atoms with van der Waals surface area (Å²) >= 11 is 5.99. The number of nitrogens with one attached hydrogen (secondary N) is 1. The van der Waals surface area contributed by atoms with Crippen LogP contribution in [0, 0.1) is 5.82 Å². The summed E-state index contributed by atoms with van der Waals surface area (Å²) < 4.78 is 24.8. The molecule has 1 unspecified atom stereocenters. The van der Waals surface area contributed by atoms with E-state index in [0.29, 0.717) is 30.4 Å². The molecule has 146 valence electrons. The largest absolute Gasteiger partial charge is 0.451 e. The van der Waals surface area contributed by atoms with Crippen molar-refractivity contribution in [1.29, 1.82) is 0 Å². The maximum Gasteiger partial charge on any atom is 0.287 e. The van der Waals surface area contributed by atoms with Crippen LogP contribution in [-0.4, -0.2) is 43.7 Å². The van der Waals surface area contributed by atoms with Gasteiger partial charge < -0.3 is 14.5 Å². The SMILES string of the molecule is O=C(NCC(c1cccc(F)c1)N1CCOCC1)c1cc2cc(Cl)ccc2o1. The lowest BCUT2D eigenvalue weighted by Gasteiger charge is -2.34. The second-order valence-electron chi connectivity index (χ2n) is 6.72. The number of rotatable bonds is 5. The Morgan fingerprint density at radius 2 is 2.00 bits per heavy atom. The standard InChI is InChI=1S/C21H20ClFN2O3/c22-16-4-5-19-15(10-16)12-20(28-19)21(26)24-13-18(25-6-8-27-9-7-25)14-2-1-3-17(23)11-14/h1-5,10-12,18H,6-9,13H2,(H,24,26). The van der Waals surface area contributed by atoms with Crippen LogP contribution < -0.4 is 5.32 Å². The van der Waals surface area contributed by atoms with E-state index in [9.17, 15) is 9.18 Å². The van der Waals surface area contributed by atoms with Gasteiger partial charge in [0.2, 0.25) is 0 Å². The van der Waals surface area contributed by atoms with Crippen molar-refractivity contribution in [3.8, 4) is 0 Å². The van der Waals surface area contributed by atoms with Gasteiger partial charge in [-0.1, -0.05) is 23.7 Å². The summed E-state index contributed by atoms with van der Waals surface area (Å²) in [7, 11) is 0. The molecular formula is C21H20ClFN2O3. The Labute approximate surface area is 167 Å². The normalized spacial score (nSPS) is 16.2. The number of carbonyl (C=O) groups is 1. The van der Waals surface area contributed by atoms with Crippen molar-refractivity contribution in [2.75, 3.05) is 32.8 Å². The molecule has 1 fully saturated rings. The molecule has 0 spiro atoms. The summed E-state index contributed by atoms with van der Waals surface area (Å²) in [6.07, 6.45) is 0. The maximum atomic E-state index is 13.8. The average Bonchev–Trinajstić information content (AvgIpc) is 3.12. The predicted molar refractivity (Wildman–Crippen MR) is 105 cm³/mol. The number of nitrogens with zero attached hydrogens (tertiary/aromatic N) is 1. The van der Waals surface area contributed by atoms with Gasteiger partial charge in [-0.2, -0.15) is 0 Å². The van der Waals surface area contributed by atoms with Crippen LogP contribution in [0.5, 0.6) is 0 Å². The number of carbonyl (C=O) groups excluding carboxylic acids is 1. The van der Waals surface area contributed by atoms with E-state index in [1.54, 1.807) is 30.3 Å². The molecule has 2 heterocycles. The lowest BCUT2D eigenvalue weighted by atomic mass is 10.0. The van der Waals surface area contributed by atoms with E-state index < -0.39 is 0 Å². The van der Waals surface area contributed by atoms with Gasteiger partial charge in [0.25, 0.3) is 5.91 Å². The van der Waals surface area contributed by atoms with Crippen molar-refractivity contribution in [3.05, 3.63) is 70.7 Å². The first-order chi connectivity index (χ1) is 13.6. The third-order valence-corrected chi connectivity index (χ3v) is 5.11. The summed E-state index contributed by atoms with van der Waals surface area (Å²) in [5, 5.41) is 4.27. The zero-order valence-electron chi connectivity index (χ0n) is 15.2. The van der Waals surface area contributed by atoms with Gasteiger partial charge in [-0.15, -0.1) is 0 Å². The first-order valence-corrected chi connectivity index (χ1v) is 9.52. The van der Waals surface area contributed by atoms with E-state index in [1.165, 1.54) is 12.1 Å². The Kier molecular flexibility index (Phi) is 5.62. The quantitative estimate of drug-likeness (QED) is 0.700. The van der Waals surface area contributed by atoms with Gasteiger partial charge in [0.05, 0.1) is 19.3 Å². The molecule has 4 rings (SSSR count). The third kappa shape index (κ3) is 4.19. The molecule has 1 saturated heterocycles. The molecule has 28 heavy (non-hydrogen) atoms. The lowest BCUT2D eigenvalue weighted by Crippen LogP contribution is -2.43. The number of fused-ring (bicyclic) bond motifs is 1. The van der Waals surface area contributed by atoms with Crippen LogP contribution in [0.15, 0.2) is 52.9 Å². The summed E-state index contributed by atoms with van der Waals surface area (Å²) in [6.45, 7) is 3.01. The molecule has 1 aliphatic heterocycles. The smallest absolute Gasteiger partial charge is 0.287 e. The zero-order valence-corrected chi connectivity index (χ0v) is 15.9. The first kappa shape index (κ1) is 18.9. The monoisotopic (exact) mass is 402 g/mol. The Bertz CT molecular complexity index is 985. The van der Waals surface area contributed by atoms with E-state index in [2.05, 4.69) is 10.2 Å². The van der Waals surface area contributed by atoms with Crippen molar-refractivity contribution in [3.63, 3.8) is 0 Å². The molecule has 0 aliphatic carbocycles. The number of ether oxygens (including phenoxy) is 1. The highest BCUT2D eigenvalue weighted by Gasteiger charge is 2.24. The van der Waals surface area contributed by atoms with Gasteiger partial charge >= 0.3 is 0 Å². The number of amides is 1. The molecule has 0 saturated carbocycles. The van der Waals surface area contributed by atoms with Crippen molar-refractivity contribution in [1.82, 2.24) is 10.2 Å². The third-order valence-electron chi connectivity index (χ3n) is 4.88. The van der Waals surface area contributed by atoms with Crippen molar-refractivity contribution in [2.24, 2.45) is 0 Å². The minimum Gasteiger partial charge on any atom is -0.451 e. The van der Waals surface area contributed by atoms with Crippen LogP contribution >= 0.6 is 11.6 Å². The minimum atomic E-state index is -0.318. The summed E-state index contributed by atoms with van der Waals surface area (Å²) in [5.74, 6) is -0.393. The second kappa shape index (κ2) is 8.31. The van der Waals surface area contributed by atoms with Crippen molar-refractivity contribution in [2.45, 2.75) is 6.04 Å². The number of benzene rings is 2. The van der Waals surface area contributed by atoms with E-state index in [1.807, 2.05) is 6.07 Å². The zero-order chi connectivity index (χ0) is 19.5. The highest BCUT2D eigenvalue weighted by molar-refractivity contribution is 6.31. The summed E-state index contributed by atoms with van der Waals surface area (Å²) in [4.78, 5) is 14.8. The fourth-order valence-corrected chi connectivity index (χ4v) is 3.64. The molecule has 1 atom stereocenters. The van der Waals surface area contributed by atoms with Gasteiger partial charge in [-0.25, -0.2) is 4.39 Å². The molecule has 7 heteroatoms. The van der Waals surface area contributed by atoms with E-state index in [0.717, 1.165) is 24.0 Å². The molecular weight excluding hydrogens is 383 g/mol. The highest BCUT2D eigenvalue weighted by Crippen LogP contribution is 2.24. The molecule has 2 aromatic carbocycles. The van der Waals surface area contributed by atoms with Gasteiger partial charge in [0.1, 0.15) is 11.4 Å². The molecule has 5 nitrogen and oxygen atoms in total. The van der Waals surface area contributed by atoms with Crippen LogP contribution in [0.2, 0.25) is 5.02 Å². The number of hydrogen-bond acceptors (Lipinski definition) is 4. The molecule has 1 amide bonds. The first-order valence-electron chi connectivity index (χ1n) is 9.15. The second-order valence-corrected chi connectivity index (χ2v) is 7.16. The van der Waals surface area contributed by atoms with Gasteiger partial charge in [-0.05, 0) is 42.0 Å².